The Morgan fingerprint density at radius 2 is 0.545 bits per heavy atom. The largest absolute Gasteiger partial charge is 0.394 e. The molecule has 8 aliphatic rings. The summed E-state index contributed by atoms with van der Waals surface area (Å²) in [6.45, 7) is -2.09. The molecule has 8 fully saturated rings. The fraction of sp³-hybridized carbons (Fsp3) is 1.00. The molecule has 0 aromatic carbocycles. The van der Waals surface area contributed by atoms with Gasteiger partial charge in [-0.25, -0.2) is 0 Å². The normalized spacial score (nSPS) is 54.1. The van der Waals surface area contributed by atoms with Crippen LogP contribution in [0, 0.1) is 11.8 Å². The summed E-state index contributed by atoms with van der Waals surface area (Å²) in [5.74, 6) is -2.28. The van der Waals surface area contributed by atoms with Crippen LogP contribution in [-0.4, -0.2) is 397 Å². The molecular weight excluding hydrogens is 1210 g/mol. The predicted molar refractivity (Wildman–Crippen MR) is 269 cm³/mol. The molecule has 23 N–H and O–H groups in total. The van der Waals surface area contributed by atoms with Gasteiger partial charge < -0.3 is 189 Å². The lowest BCUT2D eigenvalue weighted by Crippen LogP contribution is -2.67. The molecule has 38 nitrogen and oxygen atoms in total. The van der Waals surface area contributed by atoms with Crippen LogP contribution in [0.2, 0.25) is 0 Å². The maximum absolute atomic E-state index is 12.0. The highest BCUT2D eigenvalue weighted by Crippen LogP contribution is 2.39. The average Bonchev–Trinajstić information content (AvgIpc) is 1.79. The zero-order chi connectivity index (χ0) is 64.7. The average molecular weight is 1300 g/mol. The molecule has 8 saturated heterocycles. The number of hydrogen-bond acceptors (Lipinski definition) is 38. The van der Waals surface area contributed by atoms with E-state index in [2.05, 4.69) is 0 Å². The Morgan fingerprint density at radius 1 is 0.239 bits per heavy atom. The predicted octanol–water partition coefficient (Wildman–Crippen LogP) is -14.9. The molecule has 88 heavy (non-hydrogen) atoms. The number of hydrogen-bond donors (Lipinski definition) is 23. The Bertz CT molecular complexity index is 2110. The summed E-state index contributed by atoms with van der Waals surface area (Å²) in [5, 5.41) is 248. The van der Waals surface area contributed by atoms with Crippen LogP contribution in [0.25, 0.3) is 0 Å². The molecule has 8 heterocycles. The first kappa shape index (κ1) is 72.3. The van der Waals surface area contributed by atoms with Crippen molar-refractivity contribution in [3.05, 3.63) is 0 Å². The summed E-state index contributed by atoms with van der Waals surface area (Å²) in [6, 6.07) is 0. The molecule has 0 aromatic rings. The molecule has 0 radical (unpaired) electrons. The van der Waals surface area contributed by atoms with E-state index in [0.717, 1.165) is 0 Å². The van der Waals surface area contributed by atoms with Gasteiger partial charge >= 0.3 is 0 Å². The lowest BCUT2D eigenvalue weighted by atomic mass is 9.90. The SMILES string of the molecule is CC1OC(OCC2OC(O)C(C)C(O)C2OC2OC(CO)C(OC3OC(COC4OC(COC5OC(CO)C(O)C(O)C5O)C(O)C(OC5OC(CO)C(O)C(O)C5O)C4O)C(O)C(OC4OC(CO)C(O)C(O)C4O)C3O)C(O)[C@@H]2C)C(O)C(O)C1O. The molecule has 0 aromatic heterocycles. The van der Waals surface area contributed by atoms with Gasteiger partial charge in [0.25, 0.3) is 0 Å². The topological polar surface area (TPSA) is 604 Å². The third-order valence-corrected chi connectivity index (χ3v) is 17.2. The van der Waals surface area contributed by atoms with Crippen molar-refractivity contribution in [3.8, 4) is 0 Å². The minimum Gasteiger partial charge on any atom is -0.394 e. The van der Waals surface area contributed by atoms with Gasteiger partial charge in [0.15, 0.2) is 50.3 Å². The van der Waals surface area contributed by atoms with Crippen molar-refractivity contribution >= 4 is 0 Å². The van der Waals surface area contributed by atoms with Gasteiger partial charge in [-0.1, -0.05) is 13.8 Å². The van der Waals surface area contributed by atoms with Crippen molar-refractivity contribution in [2.75, 3.05) is 46.2 Å². The van der Waals surface area contributed by atoms with Crippen LogP contribution in [0.1, 0.15) is 20.8 Å². The second-order valence-electron chi connectivity index (χ2n) is 23.2. The van der Waals surface area contributed by atoms with E-state index in [1.165, 1.54) is 20.8 Å². The Balaban J connectivity index is 1.03. The first-order chi connectivity index (χ1) is 41.6. The van der Waals surface area contributed by atoms with Crippen LogP contribution in [0.3, 0.4) is 0 Å². The zero-order valence-corrected chi connectivity index (χ0v) is 47.5. The third-order valence-electron chi connectivity index (χ3n) is 17.2. The number of aliphatic hydroxyl groups is 23. The van der Waals surface area contributed by atoms with E-state index < -0.39 is 292 Å². The fourth-order valence-corrected chi connectivity index (χ4v) is 11.5. The van der Waals surface area contributed by atoms with Gasteiger partial charge in [-0.05, 0) is 6.92 Å². The number of aliphatic hydroxyl groups excluding tert-OH is 23. The molecule has 8 rings (SSSR count). The van der Waals surface area contributed by atoms with Crippen LogP contribution in [0.5, 0.6) is 0 Å². The maximum atomic E-state index is 12.0. The van der Waals surface area contributed by atoms with Gasteiger partial charge in [0.05, 0.1) is 64.6 Å². The summed E-state index contributed by atoms with van der Waals surface area (Å²) >= 11 is 0. The number of ether oxygens (including phenoxy) is 15. The lowest BCUT2D eigenvalue weighted by Gasteiger charge is -2.50. The van der Waals surface area contributed by atoms with Crippen molar-refractivity contribution in [1.29, 1.82) is 0 Å². The Labute approximate surface area is 500 Å². The molecule has 39 unspecified atom stereocenters. The van der Waals surface area contributed by atoms with E-state index >= 15 is 0 Å². The van der Waals surface area contributed by atoms with Crippen LogP contribution < -0.4 is 0 Å². The Morgan fingerprint density at radius 3 is 1.01 bits per heavy atom. The highest BCUT2D eigenvalue weighted by molar-refractivity contribution is 5.00. The first-order valence-electron chi connectivity index (χ1n) is 28.7. The van der Waals surface area contributed by atoms with Gasteiger partial charge in [0, 0.05) is 11.8 Å². The molecule has 0 bridgehead atoms. The monoisotopic (exact) mass is 1290 g/mol. The van der Waals surface area contributed by atoms with Crippen molar-refractivity contribution in [2.45, 2.75) is 254 Å². The van der Waals surface area contributed by atoms with Crippen LogP contribution in [0.15, 0.2) is 0 Å². The van der Waals surface area contributed by atoms with Crippen molar-refractivity contribution in [1.82, 2.24) is 0 Å². The van der Waals surface area contributed by atoms with Crippen LogP contribution >= 0.6 is 0 Å². The summed E-state index contributed by atoms with van der Waals surface area (Å²) < 4.78 is 86.6. The minimum absolute atomic E-state index is 0.591. The van der Waals surface area contributed by atoms with Crippen molar-refractivity contribution < 1.29 is 189 Å². The lowest BCUT2D eigenvalue weighted by molar-refractivity contribution is -0.390. The molecule has 0 amide bonds. The molecule has 40 atom stereocenters. The van der Waals surface area contributed by atoms with E-state index in [1.54, 1.807) is 0 Å². The standard InChI is InChI=1S/C50H86O38/c1-11-21(55)40(20(78-43(11)73)10-76-45-33(67)29(63)23(57)13(3)77-45)85-44-12(2)22(56)39(17(7-54)82-44)86-50-38(72)42(88-49-36(70)32(66)26(60)16(6-53)81-49)28(62)19(84-50)9-75-47-37(71)41(87-48-35(69)31(65)25(59)15(5-52)80-48)27(61)18(83-47)8-74-46-34(68)30(64)24(58)14(4-51)79-46/h11-73H,4-10H2,1-3H3/t11?,12-,13?,14?,15?,16?,17?,18?,19?,20?,21?,22?,23?,24?,25?,26?,27?,28?,29?,30?,31?,32?,33?,34?,35?,36?,37?,38?,39?,40?,41?,42?,43?,44?,45?,46?,47?,48?,49?,50?/m0/s1. The Kier molecular flexibility index (Phi) is 25.4. The first-order valence-corrected chi connectivity index (χ1v) is 28.7. The van der Waals surface area contributed by atoms with E-state index in [4.69, 9.17) is 71.1 Å². The zero-order valence-electron chi connectivity index (χ0n) is 47.5. The number of rotatable bonds is 21. The van der Waals surface area contributed by atoms with Gasteiger partial charge in [-0.3, -0.25) is 0 Å². The second kappa shape index (κ2) is 30.9. The van der Waals surface area contributed by atoms with Gasteiger partial charge in [0.1, 0.15) is 165 Å². The minimum atomic E-state index is -2.26. The molecule has 514 valence electrons. The van der Waals surface area contributed by atoms with Crippen LogP contribution in [0.4, 0.5) is 0 Å². The third kappa shape index (κ3) is 15.1. The maximum Gasteiger partial charge on any atom is 0.187 e. The highest BCUT2D eigenvalue weighted by atomic mass is 16.8. The summed E-state index contributed by atoms with van der Waals surface area (Å²) in [4.78, 5) is 0. The quantitative estimate of drug-likeness (QED) is 0.0507. The fourth-order valence-electron chi connectivity index (χ4n) is 11.5. The molecule has 0 aliphatic carbocycles. The van der Waals surface area contributed by atoms with Crippen molar-refractivity contribution in [3.63, 3.8) is 0 Å². The molecule has 38 heteroatoms. The smallest absolute Gasteiger partial charge is 0.187 e. The van der Waals surface area contributed by atoms with Gasteiger partial charge in [-0.2, -0.15) is 0 Å². The van der Waals surface area contributed by atoms with Crippen molar-refractivity contribution in [2.24, 2.45) is 11.8 Å². The Hall–Kier alpha value is -1.52. The van der Waals surface area contributed by atoms with E-state index in [9.17, 15) is 117 Å². The summed E-state index contributed by atoms with van der Waals surface area (Å²) in [5.41, 5.74) is 0. The molecular formula is C50H86O38. The molecule has 0 spiro atoms. The highest BCUT2D eigenvalue weighted by Gasteiger charge is 2.58. The molecule has 8 aliphatic heterocycles. The van der Waals surface area contributed by atoms with Gasteiger partial charge in [0.2, 0.25) is 0 Å². The summed E-state index contributed by atoms with van der Waals surface area (Å²) in [6.07, 6.45) is -69.8. The van der Waals surface area contributed by atoms with E-state index in [0.29, 0.717) is 0 Å². The van der Waals surface area contributed by atoms with E-state index in [-0.39, 0.29) is 0 Å². The second-order valence-corrected chi connectivity index (χ2v) is 23.2. The van der Waals surface area contributed by atoms with Crippen LogP contribution in [-0.2, 0) is 71.1 Å². The molecule has 0 saturated carbocycles. The van der Waals surface area contributed by atoms with E-state index in [1.807, 2.05) is 0 Å². The summed E-state index contributed by atoms with van der Waals surface area (Å²) in [7, 11) is 0. The van der Waals surface area contributed by atoms with Gasteiger partial charge in [-0.15, -0.1) is 0 Å².